The molecule has 3 rings (SSSR count). The first kappa shape index (κ1) is 23.2. The summed E-state index contributed by atoms with van der Waals surface area (Å²) < 4.78 is 23.3. The molecule has 1 aromatic carbocycles. The van der Waals surface area contributed by atoms with Gasteiger partial charge in [0.15, 0.2) is 0 Å². The van der Waals surface area contributed by atoms with Crippen LogP contribution in [0.2, 0.25) is 0 Å². The van der Waals surface area contributed by atoms with E-state index < -0.39 is 0 Å². The lowest BCUT2D eigenvalue weighted by atomic mass is 10.2. The molecule has 2 aliphatic rings. The van der Waals surface area contributed by atoms with E-state index in [4.69, 9.17) is 18.9 Å². The van der Waals surface area contributed by atoms with Crippen LogP contribution < -0.4 is 30.7 Å². The smallest absolute Gasteiger partial charge is 0.123 e. The number of ether oxygens (including phenoxy) is 4. The van der Waals surface area contributed by atoms with Crippen molar-refractivity contribution in [3.8, 4) is 11.5 Å². The van der Waals surface area contributed by atoms with Gasteiger partial charge in [-0.3, -0.25) is 10.6 Å². The molecule has 0 radical (unpaired) electrons. The van der Waals surface area contributed by atoms with Crippen molar-refractivity contribution in [1.82, 2.24) is 21.3 Å². The van der Waals surface area contributed by atoms with Crippen LogP contribution in [-0.2, 0) is 9.47 Å². The second-order valence-corrected chi connectivity index (χ2v) is 7.85. The molecule has 1 aromatic rings. The predicted molar refractivity (Wildman–Crippen MR) is 117 cm³/mol. The Morgan fingerprint density at radius 2 is 1.03 bits per heavy atom. The molecule has 4 atom stereocenters. The van der Waals surface area contributed by atoms with Gasteiger partial charge in [-0.2, -0.15) is 0 Å². The Balaban J connectivity index is 1.21. The first-order valence-corrected chi connectivity index (χ1v) is 11.2. The first-order chi connectivity index (χ1) is 14.7. The molecular weight excluding hydrogens is 384 g/mol. The second kappa shape index (κ2) is 13.1. The summed E-state index contributed by atoms with van der Waals surface area (Å²) in [5, 5.41) is 13.5. The third-order valence-electron chi connectivity index (χ3n) is 5.32. The number of nitrogens with one attached hydrogen (secondary N) is 4. The van der Waals surface area contributed by atoms with Crippen molar-refractivity contribution in [2.75, 3.05) is 52.6 Å². The van der Waals surface area contributed by atoms with E-state index in [2.05, 4.69) is 35.1 Å². The average Bonchev–Trinajstić information content (AvgIpc) is 2.77. The van der Waals surface area contributed by atoms with E-state index in [1.807, 2.05) is 24.3 Å². The maximum atomic E-state index is 5.87. The van der Waals surface area contributed by atoms with E-state index in [1.165, 1.54) is 0 Å². The Hall–Kier alpha value is -1.42. The molecule has 8 nitrogen and oxygen atoms in total. The van der Waals surface area contributed by atoms with Crippen LogP contribution in [0.3, 0.4) is 0 Å². The molecule has 2 heterocycles. The fourth-order valence-corrected chi connectivity index (χ4v) is 3.55. The molecule has 0 spiro atoms. The van der Waals surface area contributed by atoms with Crippen LogP contribution >= 0.6 is 0 Å². The quantitative estimate of drug-likeness (QED) is 0.372. The van der Waals surface area contributed by atoms with E-state index in [1.54, 1.807) is 0 Å². The highest BCUT2D eigenvalue weighted by atomic mass is 16.5. The van der Waals surface area contributed by atoms with Crippen LogP contribution in [0, 0.1) is 0 Å². The largest absolute Gasteiger partial charge is 0.494 e. The number of hydrogen-bond acceptors (Lipinski definition) is 8. The summed E-state index contributed by atoms with van der Waals surface area (Å²) in [4.78, 5) is 0. The van der Waals surface area contributed by atoms with Gasteiger partial charge in [-0.15, -0.1) is 0 Å². The second-order valence-electron chi connectivity index (χ2n) is 7.85. The zero-order valence-corrected chi connectivity index (χ0v) is 18.3. The Morgan fingerprint density at radius 3 is 1.43 bits per heavy atom. The molecule has 30 heavy (non-hydrogen) atoms. The Labute approximate surface area is 180 Å². The summed E-state index contributed by atoms with van der Waals surface area (Å²) in [6.45, 7) is 10.8. The Morgan fingerprint density at radius 1 is 0.633 bits per heavy atom. The maximum absolute atomic E-state index is 5.87. The molecule has 0 aliphatic carbocycles. The summed E-state index contributed by atoms with van der Waals surface area (Å²) in [5.74, 6) is 1.70. The van der Waals surface area contributed by atoms with Crippen molar-refractivity contribution < 1.29 is 18.9 Å². The molecule has 0 bridgehead atoms. The van der Waals surface area contributed by atoms with E-state index in [0.29, 0.717) is 38.5 Å². The van der Waals surface area contributed by atoms with Crippen molar-refractivity contribution in [1.29, 1.82) is 0 Å². The minimum Gasteiger partial charge on any atom is -0.494 e. The van der Waals surface area contributed by atoms with Gasteiger partial charge in [0.25, 0.3) is 0 Å². The van der Waals surface area contributed by atoms with E-state index >= 15 is 0 Å². The van der Waals surface area contributed by atoms with Crippen LogP contribution in [0.4, 0.5) is 0 Å². The minimum absolute atomic E-state index is 0.0829. The molecule has 0 saturated carbocycles. The van der Waals surface area contributed by atoms with Crippen molar-refractivity contribution in [3.63, 3.8) is 0 Å². The standard InChI is InChI=1S/C22H38N4O4/c1-17-21(25-11-9-23-17)29-15-3-13-27-19-5-7-20(8-6-19)28-14-4-16-30-22-18(2)24-10-12-26-22/h5-8,17-18,21-26H,3-4,9-16H2,1-2H3. The van der Waals surface area contributed by atoms with Crippen LogP contribution in [0.1, 0.15) is 26.7 Å². The molecule has 2 aliphatic heterocycles. The first-order valence-electron chi connectivity index (χ1n) is 11.2. The fourth-order valence-electron chi connectivity index (χ4n) is 3.55. The highest BCUT2D eigenvalue weighted by Crippen LogP contribution is 2.18. The van der Waals surface area contributed by atoms with Crippen molar-refractivity contribution in [2.24, 2.45) is 0 Å². The monoisotopic (exact) mass is 422 g/mol. The zero-order valence-electron chi connectivity index (χ0n) is 18.3. The number of hydrogen-bond donors (Lipinski definition) is 4. The van der Waals surface area contributed by atoms with Crippen LogP contribution in [0.25, 0.3) is 0 Å². The normalized spacial score (nSPS) is 27.0. The van der Waals surface area contributed by atoms with Gasteiger partial charge < -0.3 is 29.6 Å². The SMILES string of the molecule is CC1NCCNC1OCCCOc1ccc(OCCCOC2NCCNC2C)cc1. The summed E-state index contributed by atoms with van der Waals surface area (Å²) in [7, 11) is 0. The molecular formula is C22H38N4O4. The minimum atomic E-state index is 0.0829. The molecule has 4 N–H and O–H groups in total. The maximum Gasteiger partial charge on any atom is 0.123 e. The molecule has 4 unspecified atom stereocenters. The van der Waals surface area contributed by atoms with Gasteiger partial charge in [0.2, 0.25) is 0 Å². The lowest BCUT2D eigenvalue weighted by Crippen LogP contribution is -2.55. The summed E-state index contributed by atoms with van der Waals surface area (Å²) in [5.41, 5.74) is 0. The highest BCUT2D eigenvalue weighted by Gasteiger charge is 2.20. The lowest BCUT2D eigenvalue weighted by Gasteiger charge is -2.31. The number of rotatable bonds is 12. The summed E-state index contributed by atoms with van der Waals surface area (Å²) >= 11 is 0. The van der Waals surface area contributed by atoms with Gasteiger partial charge in [-0.05, 0) is 38.1 Å². The molecule has 8 heteroatoms. The summed E-state index contributed by atoms with van der Waals surface area (Å²) in [6.07, 6.45) is 1.87. The molecule has 0 amide bonds. The Kier molecular flexibility index (Phi) is 10.1. The zero-order chi connectivity index (χ0) is 21.0. The van der Waals surface area contributed by atoms with Crippen molar-refractivity contribution in [2.45, 2.75) is 51.2 Å². The van der Waals surface area contributed by atoms with Gasteiger partial charge >= 0.3 is 0 Å². The highest BCUT2D eigenvalue weighted by molar-refractivity contribution is 5.31. The van der Waals surface area contributed by atoms with Crippen molar-refractivity contribution in [3.05, 3.63) is 24.3 Å². The van der Waals surface area contributed by atoms with E-state index in [9.17, 15) is 0 Å². The lowest BCUT2D eigenvalue weighted by molar-refractivity contribution is -0.00763. The summed E-state index contributed by atoms with van der Waals surface area (Å²) in [6, 6.07) is 8.45. The van der Waals surface area contributed by atoms with Gasteiger partial charge in [-0.1, -0.05) is 0 Å². The predicted octanol–water partition coefficient (Wildman–Crippen LogP) is 1.07. The molecule has 2 saturated heterocycles. The van der Waals surface area contributed by atoms with Crippen LogP contribution in [-0.4, -0.2) is 77.1 Å². The van der Waals surface area contributed by atoms with E-state index in [0.717, 1.165) is 50.5 Å². The number of piperazine rings is 2. The van der Waals surface area contributed by atoms with Crippen LogP contribution in [0.15, 0.2) is 24.3 Å². The topological polar surface area (TPSA) is 85.0 Å². The van der Waals surface area contributed by atoms with Crippen molar-refractivity contribution >= 4 is 0 Å². The third kappa shape index (κ3) is 8.02. The van der Waals surface area contributed by atoms with Gasteiger partial charge in [0.05, 0.1) is 26.4 Å². The third-order valence-corrected chi connectivity index (χ3v) is 5.32. The molecule has 170 valence electrons. The molecule has 2 fully saturated rings. The Bertz CT molecular complexity index is 538. The van der Waals surface area contributed by atoms with Gasteiger partial charge in [-0.25, -0.2) is 0 Å². The fraction of sp³-hybridized carbons (Fsp3) is 0.727. The van der Waals surface area contributed by atoms with Crippen LogP contribution in [0.5, 0.6) is 11.5 Å². The van der Waals surface area contributed by atoms with Gasteiger partial charge in [0, 0.05) is 51.1 Å². The van der Waals surface area contributed by atoms with E-state index in [-0.39, 0.29) is 12.5 Å². The van der Waals surface area contributed by atoms with Gasteiger partial charge in [0.1, 0.15) is 24.0 Å². The molecule has 0 aromatic heterocycles. The average molecular weight is 423 g/mol. The number of benzene rings is 1.